The number of para-hydroxylation sites is 1. The van der Waals surface area contributed by atoms with Gasteiger partial charge in [0, 0.05) is 18.3 Å². The van der Waals surface area contributed by atoms with Crippen molar-refractivity contribution in [1.82, 2.24) is 14.3 Å². The number of anilines is 1. The van der Waals surface area contributed by atoms with Crippen molar-refractivity contribution in [2.24, 2.45) is 11.8 Å². The second kappa shape index (κ2) is 9.72. The molecule has 1 aliphatic carbocycles. The lowest BCUT2D eigenvalue weighted by Crippen LogP contribution is -2.31. The average Bonchev–Trinajstić information content (AvgIpc) is 3.30. The van der Waals surface area contributed by atoms with Gasteiger partial charge in [-0.25, -0.2) is 0 Å². The molecule has 0 radical (unpaired) electrons. The Kier molecular flexibility index (Phi) is 6.91. The van der Waals surface area contributed by atoms with E-state index in [0.29, 0.717) is 47.1 Å². The van der Waals surface area contributed by atoms with Gasteiger partial charge in [0.15, 0.2) is 11.7 Å². The molecule has 1 aliphatic rings. The first-order chi connectivity index (χ1) is 16.1. The number of aromatic hydroxyl groups is 1. The summed E-state index contributed by atoms with van der Waals surface area (Å²) in [5, 5.41) is 28.3. The molecular formula is C25H31ClN4O4. The van der Waals surface area contributed by atoms with Crippen molar-refractivity contribution in [2.75, 3.05) is 5.32 Å². The molecule has 0 spiro atoms. The van der Waals surface area contributed by atoms with Gasteiger partial charge in [-0.3, -0.25) is 9.48 Å². The number of hydrogen-bond donors (Lipinski definition) is 3. The number of aliphatic hydroxyl groups is 1. The summed E-state index contributed by atoms with van der Waals surface area (Å²) in [5.74, 6) is 1.94. The van der Waals surface area contributed by atoms with Crippen LogP contribution < -0.4 is 10.1 Å². The Morgan fingerprint density at radius 3 is 2.74 bits per heavy atom. The van der Waals surface area contributed by atoms with E-state index in [1.807, 2.05) is 6.07 Å². The first-order valence-corrected chi connectivity index (χ1v) is 11.8. The number of benzene rings is 1. The number of halogens is 1. The van der Waals surface area contributed by atoms with Crippen LogP contribution in [-0.2, 0) is 11.3 Å². The number of amides is 1. The quantitative estimate of drug-likeness (QED) is 0.384. The van der Waals surface area contributed by atoms with E-state index in [2.05, 4.69) is 17.3 Å². The van der Waals surface area contributed by atoms with E-state index < -0.39 is 11.6 Å². The lowest BCUT2D eigenvalue weighted by molar-refractivity contribution is -0.120. The van der Waals surface area contributed by atoms with Crippen LogP contribution in [0.5, 0.6) is 17.4 Å². The normalized spacial score (nSPS) is 18.9. The fraction of sp³-hybridized carbons (Fsp3) is 0.440. The van der Waals surface area contributed by atoms with Crippen LogP contribution >= 0.6 is 11.6 Å². The third kappa shape index (κ3) is 5.93. The number of nitrogens with zero attached hydrogens (tertiary/aromatic N) is 3. The molecule has 0 aliphatic heterocycles. The number of carbonyl (C=O) groups is 1. The lowest BCUT2D eigenvalue weighted by Gasteiger charge is -2.35. The highest BCUT2D eigenvalue weighted by Crippen LogP contribution is 2.41. The maximum Gasteiger partial charge on any atom is 0.248 e. The predicted octanol–water partition coefficient (Wildman–Crippen LogP) is 5.22. The van der Waals surface area contributed by atoms with E-state index in [4.69, 9.17) is 16.3 Å². The van der Waals surface area contributed by atoms with Gasteiger partial charge in [-0.1, -0.05) is 30.7 Å². The van der Waals surface area contributed by atoms with Crippen molar-refractivity contribution >= 4 is 23.3 Å². The topological polar surface area (TPSA) is 102 Å². The minimum absolute atomic E-state index is 0.0675. The maximum atomic E-state index is 13.3. The van der Waals surface area contributed by atoms with Gasteiger partial charge in [0.2, 0.25) is 5.91 Å². The van der Waals surface area contributed by atoms with E-state index in [9.17, 15) is 15.0 Å². The highest BCUT2D eigenvalue weighted by molar-refractivity contribution is 6.32. The molecule has 4 rings (SSSR count). The van der Waals surface area contributed by atoms with Crippen molar-refractivity contribution in [3.05, 3.63) is 53.8 Å². The van der Waals surface area contributed by atoms with Gasteiger partial charge in [-0.15, -0.1) is 0 Å². The Labute approximate surface area is 204 Å². The molecule has 0 saturated heterocycles. The summed E-state index contributed by atoms with van der Waals surface area (Å²) in [4.78, 5) is 13.3. The van der Waals surface area contributed by atoms with Crippen LogP contribution in [0.25, 0.3) is 0 Å². The summed E-state index contributed by atoms with van der Waals surface area (Å²) in [6.45, 7) is 5.89. The number of carbonyl (C=O) groups excluding carboxylic acids is 1. The molecule has 3 N–H and O–H groups in total. The smallest absolute Gasteiger partial charge is 0.248 e. The summed E-state index contributed by atoms with van der Waals surface area (Å²) < 4.78 is 8.97. The van der Waals surface area contributed by atoms with Crippen molar-refractivity contribution in [2.45, 2.75) is 58.2 Å². The third-order valence-corrected chi connectivity index (χ3v) is 6.29. The fourth-order valence-electron chi connectivity index (χ4n) is 4.45. The highest BCUT2D eigenvalue weighted by Gasteiger charge is 2.33. The molecular weight excluding hydrogens is 456 g/mol. The molecule has 1 amide bonds. The second-order valence-electron chi connectivity index (χ2n) is 9.87. The molecule has 2 aromatic heterocycles. The van der Waals surface area contributed by atoms with Crippen LogP contribution in [-0.4, -0.2) is 36.1 Å². The SMILES string of the molecule is CC1CC(C[C@@H](C(=O)Nc2ccn(CC(C)(C)O)n2)n2cc(Oc3ccccc3Cl)cc2O)C1. The van der Waals surface area contributed by atoms with Crippen LogP contribution in [0.1, 0.15) is 46.1 Å². The Bertz CT molecular complexity index is 1140. The molecule has 34 heavy (non-hydrogen) atoms. The van der Waals surface area contributed by atoms with E-state index >= 15 is 0 Å². The minimum atomic E-state index is -0.925. The van der Waals surface area contributed by atoms with Gasteiger partial charge in [0.05, 0.1) is 23.4 Å². The fourth-order valence-corrected chi connectivity index (χ4v) is 4.62. The number of rotatable bonds is 9. The van der Waals surface area contributed by atoms with E-state index in [1.165, 1.54) is 6.07 Å². The van der Waals surface area contributed by atoms with Gasteiger partial charge in [-0.05, 0) is 57.1 Å². The van der Waals surface area contributed by atoms with Gasteiger partial charge in [-0.2, -0.15) is 5.10 Å². The molecule has 1 aromatic carbocycles. The van der Waals surface area contributed by atoms with Gasteiger partial charge < -0.3 is 24.8 Å². The number of nitrogens with one attached hydrogen (secondary N) is 1. The monoisotopic (exact) mass is 486 g/mol. The summed E-state index contributed by atoms with van der Waals surface area (Å²) >= 11 is 6.19. The Balaban J connectivity index is 1.53. The van der Waals surface area contributed by atoms with Crippen molar-refractivity contribution in [1.29, 1.82) is 0 Å². The minimum Gasteiger partial charge on any atom is -0.494 e. The molecule has 182 valence electrons. The molecule has 1 saturated carbocycles. The molecule has 0 unspecified atom stereocenters. The van der Waals surface area contributed by atoms with Crippen LogP contribution in [0.3, 0.4) is 0 Å². The summed E-state index contributed by atoms with van der Waals surface area (Å²) in [7, 11) is 0. The molecule has 8 nitrogen and oxygen atoms in total. The Morgan fingerprint density at radius 2 is 2.06 bits per heavy atom. The van der Waals surface area contributed by atoms with Gasteiger partial charge in [0.25, 0.3) is 0 Å². The number of aromatic nitrogens is 3. The maximum absolute atomic E-state index is 13.3. The second-order valence-corrected chi connectivity index (χ2v) is 10.3. The summed E-state index contributed by atoms with van der Waals surface area (Å²) in [5.41, 5.74) is -0.925. The van der Waals surface area contributed by atoms with Gasteiger partial charge in [0.1, 0.15) is 17.5 Å². The number of ether oxygens (including phenoxy) is 1. The molecule has 1 fully saturated rings. The predicted molar refractivity (Wildman–Crippen MR) is 130 cm³/mol. The first kappa shape index (κ1) is 24.2. The zero-order valence-corrected chi connectivity index (χ0v) is 20.4. The molecule has 0 bridgehead atoms. The van der Waals surface area contributed by atoms with Crippen molar-refractivity contribution in [3.8, 4) is 17.4 Å². The zero-order chi connectivity index (χ0) is 24.5. The molecule has 1 atom stereocenters. The summed E-state index contributed by atoms with van der Waals surface area (Å²) in [6, 6.07) is 9.60. The number of hydrogen-bond acceptors (Lipinski definition) is 5. The largest absolute Gasteiger partial charge is 0.494 e. The van der Waals surface area contributed by atoms with Crippen LogP contribution in [0.4, 0.5) is 5.82 Å². The van der Waals surface area contributed by atoms with Gasteiger partial charge >= 0.3 is 0 Å². The summed E-state index contributed by atoms with van der Waals surface area (Å²) in [6.07, 6.45) is 6.02. The van der Waals surface area contributed by atoms with Crippen LogP contribution in [0.15, 0.2) is 48.8 Å². The van der Waals surface area contributed by atoms with E-state index in [-0.39, 0.29) is 11.8 Å². The van der Waals surface area contributed by atoms with E-state index in [1.54, 1.807) is 59.8 Å². The Morgan fingerprint density at radius 1 is 1.32 bits per heavy atom. The first-order valence-electron chi connectivity index (χ1n) is 11.5. The average molecular weight is 487 g/mol. The zero-order valence-electron chi connectivity index (χ0n) is 19.6. The Hall–Kier alpha value is -2.97. The van der Waals surface area contributed by atoms with E-state index in [0.717, 1.165) is 12.8 Å². The van der Waals surface area contributed by atoms with Crippen LogP contribution in [0, 0.1) is 11.8 Å². The van der Waals surface area contributed by atoms with Crippen molar-refractivity contribution in [3.63, 3.8) is 0 Å². The van der Waals surface area contributed by atoms with Crippen molar-refractivity contribution < 1.29 is 19.7 Å². The highest BCUT2D eigenvalue weighted by atomic mass is 35.5. The molecule has 9 heteroatoms. The lowest BCUT2D eigenvalue weighted by atomic mass is 9.73. The molecule has 2 heterocycles. The molecule has 3 aromatic rings. The standard InChI is InChI=1S/C25H31ClN4O4/c1-16-10-17(11-16)12-20(24(32)27-22-8-9-29(28-22)15-25(2,3)33)30-14-18(13-23(30)31)34-21-7-5-4-6-19(21)26/h4-9,13-14,16-17,20,31,33H,10-12,15H2,1-3H3,(H,27,28,32)/t16?,17?,20-/m0/s1. The third-order valence-electron chi connectivity index (χ3n) is 5.97. The van der Waals surface area contributed by atoms with Crippen LogP contribution in [0.2, 0.25) is 5.02 Å².